The average molecular weight is 314 g/mol. The molecule has 1 heterocycles. The molecule has 0 unspecified atom stereocenters. The molecule has 0 bridgehead atoms. The second kappa shape index (κ2) is 4.97. The summed E-state index contributed by atoms with van der Waals surface area (Å²) in [6, 6.07) is 14.0. The Bertz CT molecular complexity index is 759. The van der Waals surface area contributed by atoms with Crippen molar-refractivity contribution < 1.29 is 0 Å². The van der Waals surface area contributed by atoms with E-state index in [0.29, 0.717) is 0 Å². The van der Waals surface area contributed by atoms with E-state index in [-0.39, 0.29) is 0 Å². The summed E-state index contributed by atoms with van der Waals surface area (Å²) in [5, 5.41) is 0. The zero-order chi connectivity index (χ0) is 13.2. The average Bonchev–Trinajstić information content (AvgIpc) is 2.75. The van der Waals surface area contributed by atoms with Gasteiger partial charge in [-0.15, -0.1) is 0 Å². The number of aliphatic imine (C=N–C) groups is 1. The van der Waals surface area contributed by atoms with Crippen LogP contribution < -0.4 is 0 Å². The van der Waals surface area contributed by atoms with E-state index in [2.05, 4.69) is 30.9 Å². The minimum Gasteiger partial charge on any atom is -0.342 e. The van der Waals surface area contributed by atoms with Gasteiger partial charge in [0.25, 0.3) is 0 Å². The third-order valence-electron chi connectivity index (χ3n) is 2.80. The molecule has 3 rings (SSSR count). The number of hydrogen-bond acceptors (Lipinski definition) is 2. The predicted octanol–water partition coefficient (Wildman–Crippen LogP) is 4.38. The number of benzene rings is 2. The van der Waals surface area contributed by atoms with E-state index in [1.54, 1.807) is 0 Å². The van der Waals surface area contributed by atoms with Gasteiger partial charge in [-0.3, -0.25) is 4.99 Å². The third-order valence-corrected chi connectivity index (χ3v) is 3.29. The number of fused-ring (bicyclic) bond motifs is 1. The van der Waals surface area contributed by atoms with E-state index in [4.69, 9.17) is 0 Å². The van der Waals surface area contributed by atoms with Crippen LogP contribution in [0.2, 0.25) is 0 Å². The molecule has 19 heavy (non-hydrogen) atoms. The fourth-order valence-electron chi connectivity index (χ4n) is 1.94. The monoisotopic (exact) mass is 313 g/mol. The largest absolute Gasteiger partial charge is 0.342 e. The minimum absolute atomic E-state index is 0.913. The zero-order valence-corrected chi connectivity index (χ0v) is 12.0. The number of imidazole rings is 1. The fraction of sp³-hybridized carbons (Fsp3) is 0.0667. The number of H-pyrrole nitrogens is 1. The first-order chi connectivity index (χ1) is 9.20. The lowest BCUT2D eigenvalue weighted by Crippen LogP contribution is -1.79. The van der Waals surface area contributed by atoms with Crippen LogP contribution >= 0.6 is 15.9 Å². The number of nitrogens with one attached hydrogen (secondary N) is 1. The standard InChI is InChI=1S/C15H12BrN3/c1-10-18-14-6-5-13(8-15(14)19-10)17-9-11-3-2-4-12(16)7-11/h2-9H,1H3,(H,18,19). The Hall–Kier alpha value is -1.94. The van der Waals surface area contributed by atoms with Gasteiger partial charge in [0.2, 0.25) is 0 Å². The van der Waals surface area contributed by atoms with Crippen molar-refractivity contribution in [1.29, 1.82) is 0 Å². The van der Waals surface area contributed by atoms with Crippen molar-refractivity contribution in [2.24, 2.45) is 4.99 Å². The van der Waals surface area contributed by atoms with Crippen LogP contribution in [0.25, 0.3) is 11.0 Å². The highest BCUT2D eigenvalue weighted by atomic mass is 79.9. The number of rotatable bonds is 2. The molecule has 0 saturated heterocycles. The van der Waals surface area contributed by atoms with Crippen LogP contribution in [0.3, 0.4) is 0 Å². The predicted molar refractivity (Wildman–Crippen MR) is 82.2 cm³/mol. The Morgan fingerprint density at radius 3 is 2.95 bits per heavy atom. The molecule has 0 saturated carbocycles. The second-order valence-corrected chi connectivity index (χ2v) is 5.25. The molecule has 1 N–H and O–H groups in total. The first-order valence-corrected chi connectivity index (χ1v) is 6.76. The fourth-order valence-corrected chi connectivity index (χ4v) is 2.36. The molecule has 4 heteroatoms. The van der Waals surface area contributed by atoms with Crippen molar-refractivity contribution >= 4 is 38.9 Å². The normalized spacial score (nSPS) is 11.5. The van der Waals surface area contributed by atoms with Crippen LogP contribution in [0.15, 0.2) is 51.9 Å². The van der Waals surface area contributed by atoms with Gasteiger partial charge in [0.05, 0.1) is 16.7 Å². The van der Waals surface area contributed by atoms with Crippen LogP contribution in [0.5, 0.6) is 0 Å². The maximum atomic E-state index is 4.48. The number of halogens is 1. The molecule has 0 aliphatic carbocycles. The lowest BCUT2D eigenvalue weighted by atomic mass is 10.2. The third kappa shape index (κ3) is 2.74. The topological polar surface area (TPSA) is 41.0 Å². The maximum Gasteiger partial charge on any atom is 0.104 e. The summed E-state index contributed by atoms with van der Waals surface area (Å²) in [7, 11) is 0. The van der Waals surface area contributed by atoms with Gasteiger partial charge in [0, 0.05) is 10.7 Å². The minimum atomic E-state index is 0.913. The Balaban J connectivity index is 1.92. The molecule has 0 radical (unpaired) electrons. The summed E-state index contributed by atoms with van der Waals surface area (Å²) in [6.45, 7) is 1.95. The van der Waals surface area contributed by atoms with E-state index in [1.165, 1.54) is 0 Å². The molecule has 3 nitrogen and oxygen atoms in total. The zero-order valence-electron chi connectivity index (χ0n) is 10.4. The highest BCUT2D eigenvalue weighted by Crippen LogP contribution is 2.19. The summed E-state index contributed by atoms with van der Waals surface area (Å²) < 4.78 is 1.05. The van der Waals surface area contributed by atoms with Crippen molar-refractivity contribution in [3.8, 4) is 0 Å². The van der Waals surface area contributed by atoms with Crippen molar-refractivity contribution in [2.45, 2.75) is 6.92 Å². The Kier molecular flexibility index (Phi) is 3.17. The Morgan fingerprint density at radius 2 is 2.11 bits per heavy atom. The number of hydrogen-bond donors (Lipinski definition) is 1. The smallest absolute Gasteiger partial charge is 0.104 e. The number of aromatic amines is 1. The van der Waals surface area contributed by atoms with Crippen molar-refractivity contribution in [3.63, 3.8) is 0 Å². The highest BCUT2D eigenvalue weighted by molar-refractivity contribution is 9.10. The molecule has 0 amide bonds. The van der Waals surface area contributed by atoms with Crippen LogP contribution in [0.1, 0.15) is 11.4 Å². The first kappa shape index (κ1) is 12.1. The van der Waals surface area contributed by atoms with Gasteiger partial charge >= 0.3 is 0 Å². The van der Waals surface area contributed by atoms with Crippen molar-refractivity contribution in [2.75, 3.05) is 0 Å². The molecule has 94 valence electrons. The van der Waals surface area contributed by atoms with Crippen molar-refractivity contribution in [1.82, 2.24) is 9.97 Å². The number of aryl methyl sites for hydroxylation is 1. The molecule has 2 aromatic carbocycles. The van der Waals surface area contributed by atoms with Gasteiger partial charge in [-0.05, 0) is 42.8 Å². The maximum absolute atomic E-state index is 4.48. The summed E-state index contributed by atoms with van der Waals surface area (Å²) in [5.41, 5.74) is 3.96. The molecule has 3 aromatic rings. The lowest BCUT2D eigenvalue weighted by molar-refractivity contribution is 1.17. The van der Waals surface area contributed by atoms with Crippen LogP contribution in [-0.4, -0.2) is 16.2 Å². The lowest BCUT2D eigenvalue weighted by Gasteiger charge is -1.95. The molecule has 1 aromatic heterocycles. The molecule has 0 fully saturated rings. The molecule has 0 atom stereocenters. The van der Waals surface area contributed by atoms with E-state index in [9.17, 15) is 0 Å². The second-order valence-electron chi connectivity index (χ2n) is 4.34. The SMILES string of the molecule is Cc1nc2ccc(N=Cc3cccc(Br)c3)cc2[nH]1. The summed E-state index contributed by atoms with van der Waals surface area (Å²) in [6.07, 6.45) is 1.86. The van der Waals surface area contributed by atoms with Gasteiger partial charge in [0.15, 0.2) is 0 Å². The molecule has 0 aliphatic heterocycles. The summed E-state index contributed by atoms with van der Waals surface area (Å²) >= 11 is 3.45. The summed E-state index contributed by atoms with van der Waals surface area (Å²) in [4.78, 5) is 12.1. The van der Waals surface area contributed by atoms with Crippen LogP contribution in [0, 0.1) is 6.92 Å². The van der Waals surface area contributed by atoms with Gasteiger partial charge < -0.3 is 4.98 Å². The van der Waals surface area contributed by atoms with E-state index < -0.39 is 0 Å². The Morgan fingerprint density at radius 1 is 1.21 bits per heavy atom. The summed E-state index contributed by atoms with van der Waals surface area (Å²) in [5.74, 6) is 0.920. The first-order valence-electron chi connectivity index (χ1n) is 5.97. The van der Waals surface area contributed by atoms with Crippen molar-refractivity contribution in [3.05, 3.63) is 58.3 Å². The van der Waals surface area contributed by atoms with Gasteiger partial charge in [-0.1, -0.05) is 28.1 Å². The molecule has 0 aliphatic rings. The van der Waals surface area contributed by atoms with Gasteiger partial charge in [-0.25, -0.2) is 4.98 Å². The Labute approximate surface area is 119 Å². The number of nitrogens with zero attached hydrogens (tertiary/aromatic N) is 2. The molecule has 0 spiro atoms. The highest BCUT2D eigenvalue weighted by Gasteiger charge is 1.99. The van der Waals surface area contributed by atoms with E-state index in [1.807, 2.05) is 55.6 Å². The van der Waals surface area contributed by atoms with E-state index >= 15 is 0 Å². The van der Waals surface area contributed by atoms with E-state index in [0.717, 1.165) is 32.6 Å². The van der Waals surface area contributed by atoms with Crippen LogP contribution in [0.4, 0.5) is 5.69 Å². The quantitative estimate of drug-likeness (QED) is 0.701. The number of aromatic nitrogens is 2. The van der Waals surface area contributed by atoms with Crippen LogP contribution in [-0.2, 0) is 0 Å². The molecular formula is C15H12BrN3. The van der Waals surface area contributed by atoms with Gasteiger partial charge in [-0.2, -0.15) is 0 Å². The molecular weight excluding hydrogens is 302 g/mol. The van der Waals surface area contributed by atoms with Gasteiger partial charge in [0.1, 0.15) is 5.82 Å².